The third kappa shape index (κ3) is 5.50. The Morgan fingerprint density at radius 2 is 1.78 bits per heavy atom. The van der Waals surface area contributed by atoms with E-state index in [0.717, 1.165) is 37.9 Å². The number of pyridine rings is 1. The molecule has 0 fully saturated rings. The molecule has 0 unspecified atom stereocenters. The van der Waals surface area contributed by atoms with E-state index in [1.54, 1.807) is 31.0 Å². The number of benzene rings is 3. The second-order valence-corrected chi connectivity index (χ2v) is 9.18. The molecule has 0 spiro atoms. The molecule has 0 amide bonds. The highest BCUT2D eigenvalue weighted by Crippen LogP contribution is 2.38. The predicted molar refractivity (Wildman–Crippen MR) is 141 cm³/mol. The number of aromatic hydroxyl groups is 1. The molecule has 0 bridgehead atoms. The maximum Gasteiger partial charge on any atom is 0.164 e. The number of phenols is 1. The highest BCUT2D eigenvalue weighted by atomic mass is 32.2. The predicted octanol–water partition coefficient (Wildman–Crippen LogP) is 6.52. The summed E-state index contributed by atoms with van der Waals surface area (Å²) in [4.78, 5) is 15.3. The number of phenolic OH excluding ortho intramolecular Hbond substituents is 1. The van der Waals surface area contributed by atoms with Gasteiger partial charge in [-0.1, -0.05) is 23.9 Å². The van der Waals surface area contributed by atoms with E-state index in [1.165, 1.54) is 6.33 Å². The van der Waals surface area contributed by atoms with Gasteiger partial charge in [0.15, 0.2) is 5.65 Å². The van der Waals surface area contributed by atoms with E-state index in [2.05, 4.69) is 20.3 Å². The number of aryl methyl sites for hydroxylation is 1. The lowest BCUT2D eigenvalue weighted by Crippen LogP contribution is -2.00. The summed E-state index contributed by atoms with van der Waals surface area (Å²) in [6.45, 7) is 2.34. The Hall–Kier alpha value is -4.30. The van der Waals surface area contributed by atoms with Gasteiger partial charge in [-0.2, -0.15) is 0 Å². The maximum atomic E-state index is 9.65. The molecular weight excluding hydrogens is 472 g/mol. The number of aromatic nitrogens is 3. The molecular formula is C28H24N4O3S. The van der Waals surface area contributed by atoms with Gasteiger partial charge in [0.1, 0.15) is 36.0 Å². The highest BCUT2D eigenvalue weighted by molar-refractivity contribution is 7.99. The summed E-state index contributed by atoms with van der Waals surface area (Å²) in [5, 5.41) is 13.9. The lowest BCUT2D eigenvalue weighted by atomic mass is 10.2. The van der Waals surface area contributed by atoms with Crippen molar-refractivity contribution in [2.24, 2.45) is 0 Å². The smallest absolute Gasteiger partial charge is 0.164 e. The number of hydrogen-bond donors (Lipinski definition) is 2. The van der Waals surface area contributed by atoms with Gasteiger partial charge in [-0.05, 0) is 73.2 Å². The monoisotopic (exact) mass is 496 g/mol. The highest BCUT2D eigenvalue weighted by Gasteiger charge is 2.12. The van der Waals surface area contributed by atoms with Crippen LogP contribution >= 0.6 is 11.8 Å². The van der Waals surface area contributed by atoms with Crippen molar-refractivity contribution in [2.75, 3.05) is 12.4 Å². The molecule has 36 heavy (non-hydrogen) atoms. The summed E-state index contributed by atoms with van der Waals surface area (Å²) in [5.74, 6) is 2.39. The Labute approximate surface area is 213 Å². The van der Waals surface area contributed by atoms with E-state index in [1.807, 2.05) is 73.7 Å². The van der Waals surface area contributed by atoms with Crippen LogP contribution in [0.25, 0.3) is 11.0 Å². The Kier molecular flexibility index (Phi) is 6.86. The van der Waals surface area contributed by atoms with Crippen molar-refractivity contribution in [1.29, 1.82) is 0 Å². The minimum absolute atomic E-state index is 0.231. The number of ether oxygens (including phenoxy) is 2. The zero-order valence-electron chi connectivity index (χ0n) is 19.8. The SMILES string of the molecule is COc1cccc(COc2ccc(Sc3ccc(O)cc3)c(Nc3ncnc4nc(C)ccc34)c2)c1. The van der Waals surface area contributed by atoms with Gasteiger partial charge >= 0.3 is 0 Å². The van der Waals surface area contributed by atoms with E-state index in [-0.39, 0.29) is 5.75 Å². The molecule has 180 valence electrons. The molecule has 0 atom stereocenters. The summed E-state index contributed by atoms with van der Waals surface area (Å²) in [6.07, 6.45) is 1.51. The topological polar surface area (TPSA) is 89.4 Å². The molecule has 0 radical (unpaired) electrons. The van der Waals surface area contributed by atoms with Crippen molar-refractivity contribution in [3.8, 4) is 17.2 Å². The van der Waals surface area contributed by atoms with E-state index < -0.39 is 0 Å². The zero-order chi connectivity index (χ0) is 24.9. The molecule has 0 saturated heterocycles. The number of nitrogens with zero attached hydrogens (tertiary/aromatic N) is 3. The summed E-state index contributed by atoms with van der Waals surface area (Å²) >= 11 is 1.57. The van der Waals surface area contributed by atoms with Gasteiger partial charge in [0.2, 0.25) is 0 Å². The van der Waals surface area contributed by atoms with Gasteiger partial charge in [-0.15, -0.1) is 0 Å². The van der Waals surface area contributed by atoms with Crippen LogP contribution in [-0.2, 0) is 6.61 Å². The number of anilines is 2. The minimum Gasteiger partial charge on any atom is -0.508 e. The largest absolute Gasteiger partial charge is 0.508 e. The summed E-state index contributed by atoms with van der Waals surface area (Å²) in [6, 6.07) is 24.7. The van der Waals surface area contributed by atoms with Crippen molar-refractivity contribution < 1.29 is 14.6 Å². The van der Waals surface area contributed by atoms with Gasteiger partial charge in [0, 0.05) is 21.6 Å². The average molecular weight is 497 g/mol. The molecule has 5 rings (SSSR count). The first-order valence-corrected chi connectivity index (χ1v) is 12.1. The Morgan fingerprint density at radius 1 is 0.917 bits per heavy atom. The number of methoxy groups -OCH3 is 1. The normalized spacial score (nSPS) is 10.8. The summed E-state index contributed by atoms with van der Waals surface area (Å²) < 4.78 is 11.4. The molecule has 2 aromatic heterocycles. The average Bonchev–Trinajstić information content (AvgIpc) is 2.90. The fourth-order valence-electron chi connectivity index (χ4n) is 3.62. The number of hydrogen-bond acceptors (Lipinski definition) is 8. The standard InChI is InChI=1S/C28H24N4O3S/c1-18-6-12-24-27(31-18)29-17-30-28(24)32-25-15-22(35-16-19-4-3-5-21(14-19)34-2)9-13-26(25)36-23-10-7-20(33)8-11-23/h3-15,17,33H,16H2,1-2H3,(H,29,30,31,32). The van der Waals surface area contributed by atoms with Crippen LogP contribution < -0.4 is 14.8 Å². The lowest BCUT2D eigenvalue weighted by molar-refractivity contribution is 0.305. The maximum absolute atomic E-state index is 9.65. The van der Waals surface area contributed by atoms with Crippen molar-refractivity contribution in [2.45, 2.75) is 23.3 Å². The molecule has 8 heteroatoms. The number of rotatable bonds is 8. The van der Waals surface area contributed by atoms with Crippen LogP contribution in [0.15, 0.2) is 95.0 Å². The second kappa shape index (κ2) is 10.5. The molecule has 0 aliphatic rings. The van der Waals surface area contributed by atoms with Crippen LogP contribution in [-0.4, -0.2) is 27.2 Å². The fourth-order valence-corrected chi connectivity index (χ4v) is 4.50. The molecule has 5 aromatic rings. The van der Waals surface area contributed by atoms with Gasteiger partial charge in [0.05, 0.1) is 18.2 Å². The van der Waals surface area contributed by atoms with Crippen LogP contribution in [0.1, 0.15) is 11.3 Å². The summed E-state index contributed by atoms with van der Waals surface area (Å²) in [7, 11) is 1.65. The number of nitrogens with one attached hydrogen (secondary N) is 1. The van der Waals surface area contributed by atoms with Crippen LogP contribution in [0.2, 0.25) is 0 Å². The molecule has 0 aliphatic heterocycles. The molecule has 7 nitrogen and oxygen atoms in total. The first-order chi connectivity index (χ1) is 17.6. The first-order valence-electron chi connectivity index (χ1n) is 11.3. The Morgan fingerprint density at radius 3 is 2.61 bits per heavy atom. The summed E-state index contributed by atoms with van der Waals surface area (Å²) in [5.41, 5.74) is 3.36. The Balaban J connectivity index is 1.46. The van der Waals surface area contributed by atoms with E-state index in [0.29, 0.717) is 23.8 Å². The van der Waals surface area contributed by atoms with Gasteiger partial charge < -0.3 is 19.9 Å². The molecule has 0 saturated carbocycles. The third-order valence-corrected chi connectivity index (χ3v) is 6.53. The van der Waals surface area contributed by atoms with Crippen LogP contribution in [0.4, 0.5) is 11.5 Å². The lowest BCUT2D eigenvalue weighted by Gasteiger charge is -2.15. The molecule has 0 aliphatic carbocycles. The fraction of sp³-hybridized carbons (Fsp3) is 0.107. The van der Waals surface area contributed by atoms with Gasteiger partial charge in [-0.25, -0.2) is 15.0 Å². The number of fused-ring (bicyclic) bond motifs is 1. The molecule has 2 N–H and O–H groups in total. The van der Waals surface area contributed by atoms with Crippen LogP contribution in [0.5, 0.6) is 17.2 Å². The first kappa shape index (κ1) is 23.4. The van der Waals surface area contributed by atoms with E-state index in [9.17, 15) is 5.11 Å². The van der Waals surface area contributed by atoms with Crippen molar-refractivity contribution in [3.63, 3.8) is 0 Å². The van der Waals surface area contributed by atoms with Crippen molar-refractivity contribution in [1.82, 2.24) is 15.0 Å². The minimum atomic E-state index is 0.231. The van der Waals surface area contributed by atoms with Crippen molar-refractivity contribution >= 4 is 34.3 Å². The quantitative estimate of drug-likeness (QED) is 0.251. The molecule has 2 heterocycles. The third-order valence-electron chi connectivity index (χ3n) is 5.44. The van der Waals surface area contributed by atoms with E-state index >= 15 is 0 Å². The van der Waals surface area contributed by atoms with Crippen LogP contribution in [0.3, 0.4) is 0 Å². The molecule has 3 aromatic carbocycles. The Bertz CT molecular complexity index is 1510. The van der Waals surface area contributed by atoms with Crippen molar-refractivity contribution in [3.05, 3.63) is 96.4 Å². The van der Waals surface area contributed by atoms with Gasteiger partial charge in [0.25, 0.3) is 0 Å². The van der Waals surface area contributed by atoms with E-state index in [4.69, 9.17) is 9.47 Å². The van der Waals surface area contributed by atoms with Crippen LogP contribution in [0, 0.1) is 6.92 Å². The zero-order valence-corrected chi connectivity index (χ0v) is 20.6. The second-order valence-electron chi connectivity index (χ2n) is 8.07. The van der Waals surface area contributed by atoms with Gasteiger partial charge in [-0.3, -0.25) is 0 Å².